The minimum Gasteiger partial charge on any atom is -0.497 e. The van der Waals surface area contributed by atoms with Crippen LogP contribution in [0.3, 0.4) is 0 Å². The fourth-order valence-corrected chi connectivity index (χ4v) is 2.87. The number of ether oxygens (including phenoxy) is 1. The Bertz CT molecular complexity index is 588. The molecule has 7 heteroatoms. The molecule has 0 bridgehead atoms. The van der Waals surface area contributed by atoms with Crippen LogP contribution in [0.15, 0.2) is 18.2 Å². The average molecular weight is 296 g/mol. The fourth-order valence-electron chi connectivity index (χ4n) is 1.98. The van der Waals surface area contributed by atoms with Crippen LogP contribution >= 0.6 is 11.5 Å². The van der Waals surface area contributed by atoms with Crippen LogP contribution in [0, 0.1) is 5.82 Å². The van der Waals surface area contributed by atoms with Crippen LogP contribution in [0.25, 0.3) is 0 Å². The second kappa shape index (κ2) is 6.25. The largest absolute Gasteiger partial charge is 0.497 e. The fraction of sp³-hybridized carbons (Fsp3) is 0.385. The van der Waals surface area contributed by atoms with Crippen molar-refractivity contribution in [1.29, 1.82) is 0 Å². The first-order valence-corrected chi connectivity index (χ1v) is 6.97. The first kappa shape index (κ1) is 14.8. The lowest BCUT2D eigenvalue weighted by Crippen LogP contribution is -2.29. The van der Waals surface area contributed by atoms with Gasteiger partial charge in [-0.25, -0.2) is 9.82 Å². The van der Waals surface area contributed by atoms with E-state index in [0.29, 0.717) is 11.3 Å². The molecule has 0 saturated carbocycles. The van der Waals surface area contributed by atoms with Crippen molar-refractivity contribution in [2.75, 3.05) is 7.11 Å². The van der Waals surface area contributed by atoms with Gasteiger partial charge in [0.15, 0.2) is 0 Å². The third kappa shape index (κ3) is 2.79. The van der Waals surface area contributed by atoms with Crippen LogP contribution in [0.2, 0.25) is 0 Å². The summed E-state index contributed by atoms with van der Waals surface area (Å²) in [6.45, 7) is 4.02. The zero-order valence-corrected chi connectivity index (χ0v) is 12.4. The summed E-state index contributed by atoms with van der Waals surface area (Å²) < 4.78 is 23.1. The molecule has 0 radical (unpaired) electrons. The van der Waals surface area contributed by atoms with Crippen molar-refractivity contribution in [2.24, 2.45) is 5.84 Å². The molecule has 3 N–H and O–H groups in total. The van der Waals surface area contributed by atoms with Crippen molar-refractivity contribution >= 4 is 11.5 Å². The Labute approximate surface area is 121 Å². The summed E-state index contributed by atoms with van der Waals surface area (Å²) in [5, 5.41) is 4.10. The maximum absolute atomic E-state index is 14.2. The van der Waals surface area contributed by atoms with Gasteiger partial charge in [-0.2, -0.15) is 0 Å². The zero-order chi connectivity index (χ0) is 14.7. The first-order valence-electron chi connectivity index (χ1n) is 6.20. The number of nitrogens with zero attached hydrogens (tertiary/aromatic N) is 2. The molecule has 20 heavy (non-hydrogen) atoms. The lowest BCUT2D eigenvalue weighted by Gasteiger charge is -2.17. The smallest absolute Gasteiger partial charge is 0.132 e. The van der Waals surface area contributed by atoms with Crippen molar-refractivity contribution < 1.29 is 9.13 Å². The highest BCUT2D eigenvalue weighted by Crippen LogP contribution is 2.32. The highest BCUT2D eigenvalue weighted by molar-refractivity contribution is 7.05. The predicted octanol–water partition coefficient (Wildman–Crippen LogP) is 2.36. The maximum atomic E-state index is 14.2. The average Bonchev–Trinajstić information content (AvgIpc) is 2.90. The van der Waals surface area contributed by atoms with E-state index in [-0.39, 0.29) is 11.7 Å². The van der Waals surface area contributed by atoms with Crippen LogP contribution in [0.4, 0.5) is 4.39 Å². The van der Waals surface area contributed by atoms with Gasteiger partial charge in [-0.05, 0) is 23.5 Å². The third-order valence-corrected chi connectivity index (χ3v) is 3.84. The summed E-state index contributed by atoms with van der Waals surface area (Å²) in [4.78, 5) is 0.826. The third-order valence-electron chi connectivity index (χ3n) is 3.03. The number of methoxy groups -OCH3 is 1. The second-order valence-corrected chi connectivity index (χ2v) is 5.45. The highest BCUT2D eigenvalue weighted by atomic mass is 32.1. The summed E-state index contributed by atoms with van der Waals surface area (Å²) in [6, 6.07) is 4.22. The molecule has 0 aliphatic carbocycles. The molecular formula is C13H17FN4OS. The minimum atomic E-state index is -0.474. The first-order chi connectivity index (χ1) is 9.58. The zero-order valence-electron chi connectivity index (χ0n) is 11.6. The van der Waals surface area contributed by atoms with Crippen LogP contribution in [0.5, 0.6) is 5.75 Å². The van der Waals surface area contributed by atoms with Gasteiger partial charge >= 0.3 is 0 Å². The molecule has 2 aromatic rings. The number of halogens is 1. The summed E-state index contributed by atoms with van der Waals surface area (Å²) in [6.07, 6.45) is 0. The van der Waals surface area contributed by atoms with E-state index >= 15 is 0 Å². The van der Waals surface area contributed by atoms with Gasteiger partial charge in [0.1, 0.15) is 11.6 Å². The van der Waals surface area contributed by atoms with Crippen molar-refractivity contribution in [3.05, 3.63) is 40.2 Å². The molecule has 1 aromatic heterocycles. The van der Waals surface area contributed by atoms with Gasteiger partial charge in [0.05, 0.1) is 23.7 Å². The molecule has 1 atom stereocenters. The molecule has 108 valence electrons. The van der Waals surface area contributed by atoms with Crippen molar-refractivity contribution in [3.63, 3.8) is 0 Å². The lowest BCUT2D eigenvalue weighted by molar-refractivity contribution is 0.410. The molecule has 0 saturated heterocycles. The predicted molar refractivity (Wildman–Crippen MR) is 76.1 cm³/mol. The molecule has 1 heterocycles. The summed E-state index contributed by atoms with van der Waals surface area (Å²) in [7, 11) is 1.50. The van der Waals surface area contributed by atoms with Crippen LogP contribution in [-0.4, -0.2) is 16.7 Å². The molecule has 0 spiro atoms. The molecule has 0 amide bonds. The molecule has 0 aliphatic heterocycles. The molecule has 5 nitrogen and oxygen atoms in total. The van der Waals surface area contributed by atoms with E-state index in [1.54, 1.807) is 12.1 Å². The van der Waals surface area contributed by atoms with Gasteiger partial charge in [-0.15, -0.1) is 5.10 Å². The minimum absolute atomic E-state index is 0.195. The normalized spacial score (nSPS) is 12.7. The SMILES string of the molecule is COc1ccc(C(NN)c2snnc2C(C)C)c(F)c1. The summed E-state index contributed by atoms with van der Waals surface area (Å²) in [5.74, 6) is 5.89. The van der Waals surface area contributed by atoms with Crippen molar-refractivity contribution in [3.8, 4) is 5.75 Å². The number of benzene rings is 1. The monoisotopic (exact) mass is 296 g/mol. The Morgan fingerprint density at radius 2 is 2.15 bits per heavy atom. The van der Waals surface area contributed by atoms with E-state index in [2.05, 4.69) is 15.0 Å². The highest BCUT2D eigenvalue weighted by Gasteiger charge is 2.24. The molecule has 1 aromatic carbocycles. The topological polar surface area (TPSA) is 73.1 Å². The number of rotatable bonds is 5. The van der Waals surface area contributed by atoms with Gasteiger partial charge in [-0.1, -0.05) is 24.4 Å². The van der Waals surface area contributed by atoms with Crippen molar-refractivity contribution in [1.82, 2.24) is 15.0 Å². The Balaban J connectivity index is 2.44. The number of nitrogens with one attached hydrogen (secondary N) is 1. The lowest BCUT2D eigenvalue weighted by atomic mass is 10.00. The van der Waals surface area contributed by atoms with E-state index in [1.165, 1.54) is 24.7 Å². The number of nitrogens with two attached hydrogens (primary N) is 1. The maximum Gasteiger partial charge on any atom is 0.132 e. The molecule has 1 unspecified atom stereocenters. The van der Waals surface area contributed by atoms with Gasteiger partial charge < -0.3 is 4.74 Å². The molecule has 2 rings (SSSR count). The molecular weight excluding hydrogens is 279 g/mol. The van der Waals surface area contributed by atoms with Crippen LogP contribution in [0.1, 0.15) is 41.9 Å². The summed E-state index contributed by atoms with van der Waals surface area (Å²) in [5.41, 5.74) is 3.92. The molecule has 0 fully saturated rings. The standard InChI is InChI=1S/C13H17FN4OS/c1-7(2)11-13(20-18-17-11)12(16-15)9-5-4-8(19-3)6-10(9)14/h4-7,12,16H,15H2,1-3H3. The van der Waals surface area contributed by atoms with Gasteiger partial charge in [0.2, 0.25) is 0 Å². The number of hydrazine groups is 1. The van der Waals surface area contributed by atoms with Gasteiger partial charge in [-0.3, -0.25) is 5.84 Å². The number of aromatic nitrogens is 2. The number of hydrogen-bond acceptors (Lipinski definition) is 6. The van der Waals surface area contributed by atoms with Crippen LogP contribution < -0.4 is 16.0 Å². The van der Waals surface area contributed by atoms with E-state index in [9.17, 15) is 4.39 Å². The van der Waals surface area contributed by atoms with Crippen LogP contribution in [-0.2, 0) is 0 Å². The second-order valence-electron chi connectivity index (χ2n) is 4.66. The van der Waals surface area contributed by atoms with Gasteiger partial charge in [0, 0.05) is 11.6 Å². The quantitative estimate of drug-likeness (QED) is 0.654. The Morgan fingerprint density at radius 3 is 2.70 bits per heavy atom. The Hall–Kier alpha value is -1.57. The Kier molecular flexibility index (Phi) is 4.64. The number of hydrogen-bond donors (Lipinski definition) is 2. The van der Waals surface area contributed by atoms with E-state index in [4.69, 9.17) is 10.6 Å². The summed E-state index contributed by atoms with van der Waals surface area (Å²) >= 11 is 1.22. The molecule has 0 aliphatic rings. The van der Waals surface area contributed by atoms with Gasteiger partial charge in [0.25, 0.3) is 0 Å². The van der Waals surface area contributed by atoms with E-state index < -0.39 is 6.04 Å². The van der Waals surface area contributed by atoms with E-state index in [0.717, 1.165) is 10.6 Å². The van der Waals surface area contributed by atoms with E-state index in [1.807, 2.05) is 13.8 Å². The Morgan fingerprint density at radius 1 is 1.40 bits per heavy atom. The van der Waals surface area contributed by atoms with Crippen molar-refractivity contribution in [2.45, 2.75) is 25.8 Å².